The molecule has 0 rings (SSSR count). The summed E-state index contributed by atoms with van der Waals surface area (Å²) in [6.45, 7) is 8.61. The molecule has 0 N–H and O–H groups in total. The van der Waals surface area contributed by atoms with Crippen LogP contribution in [0.25, 0.3) is 0 Å². The number of rotatable bonds is 8. The number of hydrogen-bond acceptors (Lipinski definition) is 1. The number of hydrogen-bond donors (Lipinski definition) is 0. The molecule has 0 radical (unpaired) electrons. The lowest BCUT2D eigenvalue weighted by atomic mass is 9.95. The van der Waals surface area contributed by atoms with Crippen LogP contribution in [-0.2, 0) is 4.79 Å². The molecule has 1 heteroatoms. The van der Waals surface area contributed by atoms with Crippen LogP contribution >= 0.6 is 0 Å². The number of carbonyl (C=O) groups is 1. The van der Waals surface area contributed by atoms with Gasteiger partial charge in [-0.3, -0.25) is 0 Å². The SMILES string of the molecule is CC(C)=CCC[C@H](C)CCC[C@H](C)C=O. The molecular formula is C14H26O. The Morgan fingerprint density at radius 2 is 1.80 bits per heavy atom. The van der Waals surface area contributed by atoms with Gasteiger partial charge in [-0.1, -0.05) is 38.3 Å². The van der Waals surface area contributed by atoms with Crippen LogP contribution in [0.4, 0.5) is 0 Å². The average molecular weight is 210 g/mol. The molecule has 0 spiro atoms. The van der Waals surface area contributed by atoms with Gasteiger partial charge in [0, 0.05) is 5.92 Å². The lowest BCUT2D eigenvalue weighted by molar-refractivity contribution is -0.110. The quantitative estimate of drug-likeness (QED) is 0.429. The molecular weight excluding hydrogens is 184 g/mol. The van der Waals surface area contributed by atoms with Crippen LogP contribution in [0.3, 0.4) is 0 Å². The number of carbonyl (C=O) groups excluding carboxylic acids is 1. The van der Waals surface area contributed by atoms with E-state index in [1.807, 2.05) is 6.92 Å². The summed E-state index contributed by atoms with van der Waals surface area (Å²) in [4.78, 5) is 10.4. The first kappa shape index (κ1) is 14.4. The number of allylic oxidation sites excluding steroid dienone is 2. The van der Waals surface area contributed by atoms with Gasteiger partial charge < -0.3 is 4.79 Å². The molecule has 88 valence electrons. The Hall–Kier alpha value is -0.590. The topological polar surface area (TPSA) is 17.1 Å². The largest absolute Gasteiger partial charge is 0.303 e. The zero-order valence-corrected chi connectivity index (χ0v) is 10.8. The summed E-state index contributed by atoms with van der Waals surface area (Å²) in [5, 5.41) is 0. The van der Waals surface area contributed by atoms with E-state index in [1.165, 1.54) is 31.3 Å². The van der Waals surface area contributed by atoms with Crippen LogP contribution < -0.4 is 0 Å². The van der Waals surface area contributed by atoms with Gasteiger partial charge in [0.15, 0.2) is 0 Å². The van der Waals surface area contributed by atoms with Crippen molar-refractivity contribution in [3.63, 3.8) is 0 Å². The Balaban J connectivity index is 3.45. The van der Waals surface area contributed by atoms with Crippen molar-refractivity contribution in [3.8, 4) is 0 Å². The molecule has 15 heavy (non-hydrogen) atoms. The van der Waals surface area contributed by atoms with Crippen molar-refractivity contribution in [2.45, 2.75) is 59.8 Å². The van der Waals surface area contributed by atoms with E-state index >= 15 is 0 Å². The van der Waals surface area contributed by atoms with E-state index in [0.717, 1.165) is 18.6 Å². The van der Waals surface area contributed by atoms with Gasteiger partial charge in [0.1, 0.15) is 6.29 Å². The molecule has 0 aliphatic heterocycles. The van der Waals surface area contributed by atoms with Gasteiger partial charge in [0.05, 0.1) is 0 Å². The molecule has 0 aromatic heterocycles. The fourth-order valence-electron chi connectivity index (χ4n) is 1.66. The van der Waals surface area contributed by atoms with Gasteiger partial charge in [0.2, 0.25) is 0 Å². The van der Waals surface area contributed by atoms with E-state index in [4.69, 9.17) is 0 Å². The van der Waals surface area contributed by atoms with E-state index in [0.29, 0.717) is 0 Å². The zero-order valence-electron chi connectivity index (χ0n) is 10.8. The minimum absolute atomic E-state index is 0.245. The molecule has 0 fully saturated rings. The van der Waals surface area contributed by atoms with Crippen molar-refractivity contribution in [3.05, 3.63) is 11.6 Å². The van der Waals surface area contributed by atoms with Crippen molar-refractivity contribution in [1.29, 1.82) is 0 Å². The molecule has 0 aliphatic carbocycles. The van der Waals surface area contributed by atoms with E-state index in [2.05, 4.69) is 26.8 Å². The van der Waals surface area contributed by atoms with Crippen LogP contribution in [-0.4, -0.2) is 6.29 Å². The highest BCUT2D eigenvalue weighted by Crippen LogP contribution is 2.16. The first-order valence-corrected chi connectivity index (χ1v) is 6.15. The minimum atomic E-state index is 0.245. The maximum absolute atomic E-state index is 10.4. The predicted molar refractivity (Wildman–Crippen MR) is 66.9 cm³/mol. The molecule has 0 heterocycles. The molecule has 1 nitrogen and oxygen atoms in total. The Morgan fingerprint density at radius 1 is 1.13 bits per heavy atom. The molecule has 0 aliphatic rings. The molecule has 0 aromatic carbocycles. The fraction of sp³-hybridized carbons (Fsp3) is 0.786. The predicted octanol–water partition coefficient (Wildman–Crippen LogP) is 4.37. The number of aldehydes is 1. The van der Waals surface area contributed by atoms with E-state index in [-0.39, 0.29) is 5.92 Å². The molecule has 0 bridgehead atoms. The van der Waals surface area contributed by atoms with Crippen molar-refractivity contribution < 1.29 is 4.79 Å². The summed E-state index contributed by atoms with van der Waals surface area (Å²) >= 11 is 0. The molecule has 2 atom stereocenters. The first-order valence-electron chi connectivity index (χ1n) is 6.15. The van der Waals surface area contributed by atoms with Crippen LogP contribution in [0.1, 0.15) is 59.8 Å². The normalized spacial score (nSPS) is 14.4. The fourth-order valence-corrected chi connectivity index (χ4v) is 1.66. The second-order valence-corrected chi connectivity index (χ2v) is 5.01. The summed E-state index contributed by atoms with van der Waals surface area (Å²) in [7, 11) is 0. The van der Waals surface area contributed by atoms with Gasteiger partial charge in [-0.25, -0.2) is 0 Å². The molecule has 0 saturated carbocycles. The highest BCUT2D eigenvalue weighted by Gasteiger charge is 2.03. The second kappa shape index (κ2) is 8.70. The van der Waals surface area contributed by atoms with Gasteiger partial charge in [-0.2, -0.15) is 0 Å². The standard InChI is InChI=1S/C14H26O/c1-12(2)7-5-8-13(3)9-6-10-14(4)11-15/h7,11,13-14H,5-6,8-10H2,1-4H3/t13-,14-/m0/s1. The third kappa shape index (κ3) is 9.71. The lowest BCUT2D eigenvalue weighted by Gasteiger charge is -2.10. The second-order valence-electron chi connectivity index (χ2n) is 5.01. The maximum Gasteiger partial charge on any atom is 0.122 e. The summed E-state index contributed by atoms with van der Waals surface area (Å²) in [6.07, 6.45) is 9.35. The Kier molecular flexibility index (Phi) is 8.35. The Labute approximate surface area is 95.0 Å². The first-order chi connectivity index (χ1) is 7.06. The zero-order chi connectivity index (χ0) is 11.7. The molecule has 0 amide bonds. The van der Waals surface area contributed by atoms with Gasteiger partial charge in [-0.15, -0.1) is 0 Å². The summed E-state index contributed by atoms with van der Waals surface area (Å²) in [5.74, 6) is 1.04. The lowest BCUT2D eigenvalue weighted by Crippen LogP contribution is -1.99. The minimum Gasteiger partial charge on any atom is -0.303 e. The van der Waals surface area contributed by atoms with E-state index in [9.17, 15) is 4.79 Å². The van der Waals surface area contributed by atoms with Crippen molar-refractivity contribution in [2.24, 2.45) is 11.8 Å². The van der Waals surface area contributed by atoms with Crippen LogP contribution in [0.15, 0.2) is 11.6 Å². The van der Waals surface area contributed by atoms with Crippen LogP contribution in [0.5, 0.6) is 0 Å². The third-order valence-corrected chi connectivity index (χ3v) is 2.80. The van der Waals surface area contributed by atoms with Gasteiger partial charge in [-0.05, 0) is 39.0 Å². The van der Waals surface area contributed by atoms with Crippen molar-refractivity contribution >= 4 is 6.29 Å². The third-order valence-electron chi connectivity index (χ3n) is 2.80. The highest BCUT2D eigenvalue weighted by atomic mass is 16.1. The Bertz CT molecular complexity index is 190. The van der Waals surface area contributed by atoms with Crippen LogP contribution in [0.2, 0.25) is 0 Å². The maximum atomic E-state index is 10.4. The average Bonchev–Trinajstić information content (AvgIpc) is 2.17. The smallest absolute Gasteiger partial charge is 0.122 e. The monoisotopic (exact) mass is 210 g/mol. The summed E-state index contributed by atoms with van der Waals surface area (Å²) in [6, 6.07) is 0. The van der Waals surface area contributed by atoms with Gasteiger partial charge in [0.25, 0.3) is 0 Å². The van der Waals surface area contributed by atoms with Crippen LogP contribution in [0, 0.1) is 11.8 Å². The molecule has 0 aromatic rings. The molecule has 0 unspecified atom stereocenters. The molecule has 0 saturated heterocycles. The van der Waals surface area contributed by atoms with E-state index < -0.39 is 0 Å². The van der Waals surface area contributed by atoms with Crippen molar-refractivity contribution in [1.82, 2.24) is 0 Å². The van der Waals surface area contributed by atoms with Crippen molar-refractivity contribution in [2.75, 3.05) is 0 Å². The Morgan fingerprint density at radius 3 is 2.33 bits per heavy atom. The summed E-state index contributed by atoms with van der Waals surface area (Å²) in [5.41, 5.74) is 1.41. The highest BCUT2D eigenvalue weighted by molar-refractivity contribution is 5.52. The van der Waals surface area contributed by atoms with Gasteiger partial charge >= 0.3 is 0 Å². The van der Waals surface area contributed by atoms with E-state index in [1.54, 1.807) is 0 Å². The summed E-state index contributed by atoms with van der Waals surface area (Å²) < 4.78 is 0.